The van der Waals surface area contributed by atoms with E-state index in [0.29, 0.717) is 28.3 Å². The van der Waals surface area contributed by atoms with Gasteiger partial charge in [0, 0.05) is 23.7 Å². The molecule has 0 aliphatic heterocycles. The number of methoxy groups -OCH3 is 1. The maximum absolute atomic E-state index is 12.2. The van der Waals surface area contributed by atoms with Gasteiger partial charge in [0.15, 0.2) is 5.78 Å². The summed E-state index contributed by atoms with van der Waals surface area (Å²) in [5.74, 6) is -0.172. The molecular formula is C14H12O4S. The van der Waals surface area contributed by atoms with Gasteiger partial charge in [-0.2, -0.15) is 0 Å². The van der Waals surface area contributed by atoms with Gasteiger partial charge < -0.3 is 14.4 Å². The predicted octanol–water partition coefficient (Wildman–Crippen LogP) is 3.20. The first kappa shape index (κ1) is 13.5. The van der Waals surface area contributed by atoms with Crippen LogP contribution in [-0.2, 0) is 0 Å². The molecule has 4 nitrogen and oxygen atoms in total. The smallest absolute Gasteiger partial charge is 0.196 e. The van der Waals surface area contributed by atoms with Gasteiger partial charge >= 0.3 is 0 Å². The van der Waals surface area contributed by atoms with E-state index in [1.54, 1.807) is 30.3 Å². The normalized spacial score (nSPS) is 10.2. The van der Waals surface area contributed by atoms with Crippen LogP contribution in [0.1, 0.15) is 15.9 Å². The largest absolute Gasteiger partial charge is 0.507 e. The maximum atomic E-state index is 12.2. The summed E-state index contributed by atoms with van der Waals surface area (Å²) in [6.45, 7) is 0. The highest BCUT2D eigenvalue weighted by molar-refractivity contribution is 7.93. The lowest BCUT2D eigenvalue weighted by molar-refractivity contribution is 0.103. The summed E-state index contributed by atoms with van der Waals surface area (Å²) < 4.78 is 14.2. The number of rotatable bonds is 4. The van der Waals surface area contributed by atoms with Crippen molar-refractivity contribution in [3.8, 4) is 11.5 Å². The van der Waals surface area contributed by atoms with Crippen LogP contribution in [0.25, 0.3) is 0 Å². The van der Waals surface area contributed by atoms with Crippen molar-refractivity contribution in [2.75, 3.05) is 7.11 Å². The van der Waals surface area contributed by atoms with E-state index >= 15 is 0 Å². The third-order valence-electron chi connectivity index (χ3n) is 2.66. The second-order valence-corrected chi connectivity index (χ2v) is 4.43. The van der Waals surface area contributed by atoms with Crippen LogP contribution in [0.3, 0.4) is 0 Å². The average Bonchev–Trinajstić information content (AvgIpc) is 2.47. The van der Waals surface area contributed by atoms with Crippen molar-refractivity contribution < 1.29 is 19.2 Å². The first-order chi connectivity index (χ1) is 9.17. The fourth-order valence-corrected chi connectivity index (χ4v) is 2.11. The molecule has 2 rings (SSSR count). The fraction of sp³-hybridized carbons (Fsp3) is 0.0714. The Morgan fingerprint density at radius 2 is 1.89 bits per heavy atom. The van der Waals surface area contributed by atoms with Crippen molar-refractivity contribution in [2.45, 2.75) is 4.90 Å². The number of phenols is 1. The van der Waals surface area contributed by atoms with E-state index in [2.05, 4.69) is 0 Å². The zero-order valence-corrected chi connectivity index (χ0v) is 11.0. The van der Waals surface area contributed by atoms with Crippen LogP contribution in [0.2, 0.25) is 0 Å². The van der Waals surface area contributed by atoms with Crippen LogP contribution in [-0.4, -0.2) is 22.6 Å². The number of hydrogen-bond donors (Lipinski definition) is 2. The van der Waals surface area contributed by atoms with Crippen molar-refractivity contribution in [2.24, 2.45) is 0 Å². The number of benzene rings is 2. The Morgan fingerprint density at radius 1 is 1.21 bits per heavy atom. The first-order valence-corrected chi connectivity index (χ1v) is 6.27. The van der Waals surface area contributed by atoms with Crippen molar-refractivity contribution in [1.29, 1.82) is 0 Å². The molecule has 19 heavy (non-hydrogen) atoms. The molecule has 2 N–H and O–H groups in total. The molecule has 0 fully saturated rings. The van der Waals surface area contributed by atoms with Crippen LogP contribution < -0.4 is 4.74 Å². The molecule has 5 heteroatoms. The lowest BCUT2D eigenvalue weighted by Gasteiger charge is -2.09. The highest BCUT2D eigenvalue weighted by Gasteiger charge is 2.17. The molecule has 0 amide bonds. The second-order valence-electron chi connectivity index (χ2n) is 3.81. The third kappa shape index (κ3) is 2.72. The van der Waals surface area contributed by atoms with Gasteiger partial charge in [-0.3, -0.25) is 4.79 Å². The van der Waals surface area contributed by atoms with E-state index < -0.39 is 0 Å². The van der Waals surface area contributed by atoms with Gasteiger partial charge in [0.05, 0.1) is 17.6 Å². The van der Waals surface area contributed by atoms with Gasteiger partial charge in [0.25, 0.3) is 0 Å². The van der Waals surface area contributed by atoms with E-state index in [0.717, 1.165) is 0 Å². The number of ether oxygens (including phenoxy) is 1. The first-order valence-electron chi connectivity index (χ1n) is 5.49. The molecule has 0 spiro atoms. The highest BCUT2D eigenvalue weighted by Crippen LogP contribution is 2.34. The molecule has 0 saturated heterocycles. The second kappa shape index (κ2) is 5.77. The molecule has 0 aromatic heterocycles. The average molecular weight is 276 g/mol. The van der Waals surface area contributed by atoms with E-state index in [-0.39, 0.29) is 17.1 Å². The molecule has 0 aliphatic carbocycles. The summed E-state index contributed by atoms with van der Waals surface area (Å²) in [5, 5.41) is 9.88. The minimum absolute atomic E-state index is 0.128. The maximum Gasteiger partial charge on any atom is 0.196 e. The Kier molecular flexibility index (Phi) is 4.09. The minimum atomic E-state index is -0.309. The van der Waals surface area contributed by atoms with Crippen LogP contribution in [0, 0.1) is 0 Å². The Balaban J connectivity index is 2.48. The van der Waals surface area contributed by atoms with E-state index in [1.165, 1.54) is 19.2 Å². The van der Waals surface area contributed by atoms with Crippen LogP contribution >= 0.6 is 12.0 Å². The number of carbonyl (C=O) groups is 1. The summed E-state index contributed by atoms with van der Waals surface area (Å²) in [6, 6.07) is 11.4. The summed E-state index contributed by atoms with van der Waals surface area (Å²) in [4.78, 5) is 12.6. The fourth-order valence-electron chi connectivity index (χ4n) is 1.71. The van der Waals surface area contributed by atoms with Gasteiger partial charge in [-0.15, -0.1) is 0 Å². The third-order valence-corrected chi connectivity index (χ3v) is 3.18. The van der Waals surface area contributed by atoms with Crippen molar-refractivity contribution in [1.82, 2.24) is 0 Å². The van der Waals surface area contributed by atoms with Gasteiger partial charge in [-0.25, -0.2) is 0 Å². The Bertz CT molecular complexity index is 596. The zero-order chi connectivity index (χ0) is 13.8. The standard InChI is InChI=1S/C14H12O4S/c1-18-12-8-11(15)10(7-13(12)19-17)14(16)9-5-3-2-4-6-9/h2-8,15,17H,1H3. The van der Waals surface area contributed by atoms with Crippen molar-refractivity contribution in [3.63, 3.8) is 0 Å². The Labute approximate surface area is 114 Å². The van der Waals surface area contributed by atoms with Crippen LogP contribution in [0.4, 0.5) is 0 Å². The monoisotopic (exact) mass is 276 g/mol. The van der Waals surface area contributed by atoms with E-state index in [4.69, 9.17) is 9.29 Å². The molecule has 0 aliphatic rings. The Morgan fingerprint density at radius 3 is 2.47 bits per heavy atom. The molecule has 0 unspecified atom stereocenters. The Hall–Kier alpha value is -1.98. The minimum Gasteiger partial charge on any atom is -0.507 e. The predicted molar refractivity (Wildman–Crippen MR) is 73.0 cm³/mol. The van der Waals surface area contributed by atoms with Crippen molar-refractivity contribution in [3.05, 3.63) is 53.6 Å². The topological polar surface area (TPSA) is 66.8 Å². The van der Waals surface area contributed by atoms with E-state index in [1.807, 2.05) is 0 Å². The molecule has 0 atom stereocenters. The zero-order valence-electron chi connectivity index (χ0n) is 10.2. The molecular weight excluding hydrogens is 264 g/mol. The van der Waals surface area contributed by atoms with Crippen LogP contribution in [0.5, 0.6) is 11.5 Å². The number of phenolic OH excluding ortho intramolecular Hbond substituents is 1. The highest BCUT2D eigenvalue weighted by atomic mass is 32.2. The van der Waals surface area contributed by atoms with Gasteiger partial charge in [-0.05, 0) is 6.07 Å². The molecule has 2 aromatic rings. The summed E-state index contributed by atoms with van der Waals surface area (Å²) in [5.41, 5.74) is 0.598. The summed E-state index contributed by atoms with van der Waals surface area (Å²) >= 11 is 0.467. The number of carbonyl (C=O) groups excluding carboxylic acids is 1. The van der Waals surface area contributed by atoms with Crippen LogP contribution in [0.15, 0.2) is 47.4 Å². The molecule has 0 radical (unpaired) electrons. The quantitative estimate of drug-likeness (QED) is 0.663. The lowest BCUT2D eigenvalue weighted by atomic mass is 10.0. The molecule has 0 saturated carbocycles. The molecule has 0 heterocycles. The number of aromatic hydroxyl groups is 1. The van der Waals surface area contributed by atoms with Gasteiger partial charge in [0.1, 0.15) is 11.5 Å². The molecule has 2 aromatic carbocycles. The number of ketones is 1. The lowest BCUT2D eigenvalue weighted by Crippen LogP contribution is -2.02. The van der Waals surface area contributed by atoms with Gasteiger partial charge in [0.2, 0.25) is 0 Å². The molecule has 0 bridgehead atoms. The summed E-state index contributed by atoms with van der Waals surface area (Å²) in [7, 11) is 1.42. The van der Waals surface area contributed by atoms with Gasteiger partial charge in [-0.1, -0.05) is 30.3 Å². The van der Waals surface area contributed by atoms with Crippen molar-refractivity contribution >= 4 is 17.8 Å². The SMILES string of the molecule is COc1cc(O)c(C(=O)c2ccccc2)cc1SO. The molecule has 98 valence electrons. The van der Waals surface area contributed by atoms with E-state index in [9.17, 15) is 9.90 Å². The number of hydrogen-bond acceptors (Lipinski definition) is 5. The summed E-state index contributed by atoms with van der Waals surface area (Å²) in [6.07, 6.45) is 0.